The summed E-state index contributed by atoms with van der Waals surface area (Å²) < 4.78 is 0. The Bertz CT molecular complexity index is 496. The minimum atomic E-state index is -0.728. The van der Waals surface area contributed by atoms with Crippen molar-refractivity contribution < 1.29 is 9.59 Å². The van der Waals surface area contributed by atoms with E-state index in [-0.39, 0.29) is 18.2 Å². The molecule has 1 aliphatic heterocycles. The second-order valence-electron chi connectivity index (χ2n) is 5.50. The predicted molar refractivity (Wildman–Crippen MR) is 71.5 cm³/mol. The van der Waals surface area contributed by atoms with Gasteiger partial charge < -0.3 is 10.6 Å². The fraction of sp³-hybridized carbons (Fsp3) is 0.467. The molecule has 1 saturated carbocycles. The van der Waals surface area contributed by atoms with Crippen molar-refractivity contribution in [3.8, 4) is 0 Å². The molecule has 1 aromatic carbocycles. The van der Waals surface area contributed by atoms with E-state index in [9.17, 15) is 9.59 Å². The molecular formula is C15H18N2O2. The summed E-state index contributed by atoms with van der Waals surface area (Å²) in [6.07, 6.45) is 3.53. The molecule has 4 heteroatoms. The summed E-state index contributed by atoms with van der Waals surface area (Å²) in [6, 6.07) is 9.91. The lowest BCUT2D eigenvalue weighted by atomic mass is 9.78. The molecule has 2 amide bonds. The van der Waals surface area contributed by atoms with Gasteiger partial charge in [-0.25, -0.2) is 0 Å². The van der Waals surface area contributed by atoms with Crippen LogP contribution in [-0.2, 0) is 15.0 Å². The largest absolute Gasteiger partial charge is 0.355 e. The first-order valence-electron chi connectivity index (χ1n) is 6.84. The lowest BCUT2D eigenvalue weighted by molar-refractivity contribution is -0.129. The van der Waals surface area contributed by atoms with Gasteiger partial charge in [-0.1, -0.05) is 30.3 Å². The summed E-state index contributed by atoms with van der Waals surface area (Å²) in [6.45, 7) is 0.397. The molecule has 1 saturated heterocycles. The highest BCUT2D eigenvalue weighted by Gasteiger charge is 2.47. The second kappa shape index (κ2) is 4.68. The van der Waals surface area contributed by atoms with Crippen molar-refractivity contribution in [2.24, 2.45) is 0 Å². The quantitative estimate of drug-likeness (QED) is 0.853. The van der Waals surface area contributed by atoms with Gasteiger partial charge in [0.1, 0.15) is 5.41 Å². The third-order valence-corrected chi connectivity index (χ3v) is 4.25. The minimum Gasteiger partial charge on any atom is -0.355 e. The van der Waals surface area contributed by atoms with Crippen molar-refractivity contribution >= 4 is 11.8 Å². The number of rotatable bonds is 3. The van der Waals surface area contributed by atoms with E-state index in [1.54, 1.807) is 0 Å². The van der Waals surface area contributed by atoms with Gasteiger partial charge in [0.25, 0.3) is 0 Å². The van der Waals surface area contributed by atoms with Gasteiger partial charge in [0.05, 0.1) is 0 Å². The minimum absolute atomic E-state index is 0.0123. The molecule has 100 valence electrons. The van der Waals surface area contributed by atoms with E-state index in [0.29, 0.717) is 12.6 Å². The van der Waals surface area contributed by atoms with Crippen LogP contribution in [0.25, 0.3) is 0 Å². The molecule has 2 aliphatic rings. The maximum absolute atomic E-state index is 12.6. The van der Waals surface area contributed by atoms with E-state index in [2.05, 4.69) is 10.6 Å². The van der Waals surface area contributed by atoms with Crippen molar-refractivity contribution in [1.29, 1.82) is 0 Å². The van der Waals surface area contributed by atoms with E-state index in [1.807, 2.05) is 30.3 Å². The molecule has 0 spiro atoms. The summed E-state index contributed by atoms with van der Waals surface area (Å²) >= 11 is 0. The number of amides is 2. The summed E-state index contributed by atoms with van der Waals surface area (Å²) in [5, 5.41) is 5.89. The van der Waals surface area contributed by atoms with Gasteiger partial charge >= 0.3 is 0 Å². The first kappa shape index (κ1) is 12.2. The van der Waals surface area contributed by atoms with Crippen LogP contribution in [0.2, 0.25) is 0 Å². The normalized spacial score (nSPS) is 26.6. The van der Waals surface area contributed by atoms with Crippen molar-refractivity contribution in [3.05, 3.63) is 35.9 Å². The van der Waals surface area contributed by atoms with Crippen LogP contribution in [0.1, 0.15) is 31.2 Å². The average Bonchev–Trinajstić information content (AvgIpc) is 2.78. The van der Waals surface area contributed by atoms with E-state index < -0.39 is 5.41 Å². The summed E-state index contributed by atoms with van der Waals surface area (Å²) in [5.41, 5.74) is 0.193. The standard InChI is InChI=1S/C15H18N2O2/c18-13-9-15(10-16-13,11-5-2-1-3-6-11)14(19)17-12-7-4-8-12/h1-3,5-6,12H,4,7-10H2,(H,16,18)(H,17,19). The molecule has 2 N–H and O–H groups in total. The molecule has 4 nitrogen and oxygen atoms in total. The van der Waals surface area contributed by atoms with E-state index in [4.69, 9.17) is 0 Å². The molecule has 1 heterocycles. The Kier molecular flexibility index (Phi) is 3.01. The highest BCUT2D eigenvalue weighted by Crippen LogP contribution is 2.32. The third kappa shape index (κ3) is 2.11. The van der Waals surface area contributed by atoms with Crippen LogP contribution in [0.5, 0.6) is 0 Å². The molecule has 0 aromatic heterocycles. The van der Waals surface area contributed by atoms with Gasteiger partial charge in [-0.2, -0.15) is 0 Å². The Morgan fingerprint density at radius 1 is 1.26 bits per heavy atom. The van der Waals surface area contributed by atoms with E-state index in [1.165, 1.54) is 6.42 Å². The predicted octanol–water partition coefficient (Wildman–Crippen LogP) is 1.11. The smallest absolute Gasteiger partial charge is 0.233 e. The van der Waals surface area contributed by atoms with Crippen molar-refractivity contribution in [2.75, 3.05) is 6.54 Å². The molecular weight excluding hydrogens is 240 g/mol. The molecule has 0 radical (unpaired) electrons. The van der Waals surface area contributed by atoms with Crippen LogP contribution >= 0.6 is 0 Å². The Balaban J connectivity index is 1.88. The lowest BCUT2D eigenvalue weighted by Gasteiger charge is -2.33. The van der Waals surface area contributed by atoms with Gasteiger partial charge in [-0.15, -0.1) is 0 Å². The van der Waals surface area contributed by atoms with Gasteiger partial charge in [0.15, 0.2) is 0 Å². The Morgan fingerprint density at radius 2 is 2.00 bits per heavy atom. The van der Waals surface area contributed by atoms with E-state index in [0.717, 1.165) is 18.4 Å². The van der Waals surface area contributed by atoms with Crippen molar-refractivity contribution in [1.82, 2.24) is 10.6 Å². The number of hydrogen-bond acceptors (Lipinski definition) is 2. The Morgan fingerprint density at radius 3 is 2.53 bits per heavy atom. The topological polar surface area (TPSA) is 58.2 Å². The number of carbonyl (C=O) groups excluding carboxylic acids is 2. The third-order valence-electron chi connectivity index (χ3n) is 4.25. The monoisotopic (exact) mass is 258 g/mol. The summed E-state index contributed by atoms with van der Waals surface area (Å²) in [5.74, 6) is -0.0608. The molecule has 0 bridgehead atoms. The van der Waals surface area contributed by atoms with Crippen LogP contribution in [0.15, 0.2) is 30.3 Å². The van der Waals surface area contributed by atoms with Crippen molar-refractivity contribution in [2.45, 2.75) is 37.1 Å². The molecule has 1 unspecified atom stereocenters. The van der Waals surface area contributed by atoms with Gasteiger partial charge in [0, 0.05) is 19.0 Å². The zero-order valence-corrected chi connectivity index (χ0v) is 10.8. The fourth-order valence-corrected chi connectivity index (χ4v) is 2.78. The second-order valence-corrected chi connectivity index (χ2v) is 5.50. The molecule has 2 fully saturated rings. The molecule has 1 aliphatic carbocycles. The zero-order chi connectivity index (χ0) is 13.3. The number of carbonyl (C=O) groups is 2. The molecule has 19 heavy (non-hydrogen) atoms. The maximum atomic E-state index is 12.6. The summed E-state index contributed by atoms with van der Waals surface area (Å²) in [4.78, 5) is 24.2. The average molecular weight is 258 g/mol. The zero-order valence-electron chi connectivity index (χ0n) is 10.8. The highest BCUT2D eigenvalue weighted by molar-refractivity contribution is 5.97. The Labute approximate surface area is 112 Å². The number of hydrogen-bond donors (Lipinski definition) is 2. The van der Waals surface area contributed by atoms with Crippen molar-refractivity contribution in [3.63, 3.8) is 0 Å². The number of benzene rings is 1. The molecule has 3 rings (SSSR count). The first-order chi connectivity index (χ1) is 9.21. The maximum Gasteiger partial charge on any atom is 0.233 e. The lowest BCUT2D eigenvalue weighted by Crippen LogP contribution is -2.51. The Hall–Kier alpha value is -1.84. The first-order valence-corrected chi connectivity index (χ1v) is 6.84. The SMILES string of the molecule is O=C1CC(C(=O)NC2CCC2)(c2ccccc2)CN1. The van der Waals surface area contributed by atoms with Crippen LogP contribution in [0.4, 0.5) is 0 Å². The van der Waals surface area contributed by atoms with Gasteiger partial charge in [-0.3, -0.25) is 9.59 Å². The van der Waals surface area contributed by atoms with Crippen LogP contribution < -0.4 is 10.6 Å². The van der Waals surface area contributed by atoms with Gasteiger partial charge in [-0.05, 0) is 24.8 Å². The van der Waals surface area contributed by atoms with Crippen LogP contribution in [-0.4, -0.2) is 24.4 Å². The number of nitrogens with one attached hydrogen (secondary N) is 2. The van der Waals surface area contributed by atoms with Crippen LogP contribution in [0, 0.1) is 0 Å². The fourth-order valence-electron chi connectivity index (χ4n) is 2.78. The van der Waals surface area contributed by atoms with E-state index >= 15 is 0 Å². The summed E-state index contributed by atoms with van der Waals surface area (Å²) in [7, 11) is 0. The highest BCUT2D eigenvalue weighted by atomic mass is 16.2. The molecule has 1 atom stereocenters. The molecule has 1 aromatic rings. The van der Waals surface area contributed by atoms with Crippen LogP contribution in [0.3, 0.4) is 0 Å². The van der Waals surface area contributed by atoms with Gasteiger partial charge in [0.2, 0.25) is 11.8 Å².